The lowest BCUT2D eigenvalue weighted by Crippen LogP contribution is -2.37. The number of benzene rings is 1. The average molecular weight is 287 g/mol. The highest BCUT2D eigenvalue weighted by Crippen LogP contribution is 2.26. The maximum Gasteiger partial charge on any atom is 0.387 e. The molecular formula is C14H19F2NO3. The topological polar surface area (TPSA) is 49.8 Å². The molecule has 0 spiro atoms. The Kier molecular flexibility index (Phi) is 5.88. The minimum atomic E-state index is -2.87. The molecule has 0 aliphatic rings. The number of carbonyl (C=O) groups is 1. The maximum absolute atomic E-state index is 12.2. The van der Waals surface area contributed by atoms with Crippen molar-refractivity contribution in [1.82, 2.24) is 4.90 Å². The Morgan fingerprint density at radius 2 is 2.00 bits per heavy atom. The molecule has 1 N–H and O–H groups in total. The van der Waals surface area contributed by atoms with Crippen molar-refractivity contribution < 1.29 is 23.4 Å². The van der Waals surface area contributed by atoms with Crippen molar-refractivity contribution in [3.05, 3.63) is 29.8 Å². The number of alkyl halides is 2. The molecule has 1 unspecified atom stereocenters. The van der Waals surface area contributed by atoms with Crippen LogP contribution in [-0.4, -0.2) is 35.2 Å². The van der Waals surface area contributed by atoms with Gasteiger partial charge in [0.05, 0.1) is 6.54 Å². The summed E-state index contributed by atoms with van der Waals surface area (Å²) in [5.41, 5.74) is 0.734. The first-order valence-electron chi connectivity index (χ1n) is 6.33. The predicted octanol–water partition coefficient (Wildman–Crippen LogP) is 3.14. The molecule has 0 heterocycles. The van der Waals surface area contributed by atoms with Crippen molar-refractivity contribution in [3.8, 4) is 5.75 Å². The standard InChI is InChI=1S/C14H19F2NO3/c1-9(2)17(8-13(18)19)10(3)11-5-4-6-12(7-11)20-14(15)16/h4-7,9-10,14H,8H2,1-3H3,(H,18,19). The second kappa shape index (κ2) is 7.19. The number of nitrogens with zero attached hydrogens (tertiary/aromatic N) is 1. The van der Waals surface area contributed by atoms with Crippen LogP contribution in [0.5, 0.6) is 5.75 Å². The van der Waals surface area contributed by atoms with Crippen LogP contribution in [0.2, 0.25) is 0 Å². The monoisotopic (exact) mass is 287 g/mol. The number of carboxylic acids is 1. The van der Waals surface area contributed by atoms with Gasteiger partial charge in [0.1, 0.15) is 5.75 Å². The van der Waals surface area contributed by atoms with Crippen molar-refractivity contribution in [2.24, 2.45) is 0 Å². The summed E-state index contributed by atoms with van der Waals surface area (Å²) in [6.07, 6.45) is 0. The van der Waals surface area contributed by atoms with E-state index in [2.05, 4.69) is 4.74 Å². The van der Waals surface area contributed by atoms with Crippen LogP contribution in [0.25, 0.3) is 0 Å². The molecule has 0 amide bonds. The van der Waals surface area contributed by atoms with E-state index in [1.165, 1.54) is 12.1 Å². The molecule has 1 rings (SSSR count). The first kappa shape index (κ1) is 16.4. The molecule has 1 atom stereocenters. The number of rotatable bonds is 7. The number of aliphatic carboxylic acids is 1. The van der Waals surface area contributed by atoms with Crippen molar-refractivity contribution in [2.75, 3.05) is 6.54 Å². The Morgan fingerprint density at radius 1 is 1.35 bits per heavy atom. The van der Waals surface area contributed by atoms with Gasteiger partial charge in [0, 0.05) is 12.1 Å². The number of ether oxygens (including phenoxy) is 1. The van der Waals surface area contributed by atoms with E-state index >= 15 is 0 Å². The van der Waals surface area contributed by atoms with Gasteiger partial charge in [0.2, 0.25) is 0 Å². The van der Waals surface area contributed by atoms with Crippen molar-refractivity contribution >= 4 is 5.97 Å². The molecule has 4 nitrogen and oxygen atoms in total. The zero-order chi connectivity index (χ0) is 15.3. The Labute approximate surface area is 117 Å². The van der Waals surface area contributed by atoms with Gasteiger partial charge in [-0.3, -0.25) is 9.69 Å². The van der Waals surface area contributed by atoms with E-state index < -0.39 is 12.6 Å². The van der Waals surface area contributed by atoms with Gasteiger partial charge in [-0.2, -0.15) is 8.78 Å². The Balaban J connectivity index is 2.93. The Bertz CT molecular complexity index is 452. The summed E-state index contributed by atoms with van der Waals surface area (Å²) in [5.74, 6) is -0.853. The zero-order valence-corrected chi connectivity index (χ0v) is 11.7. The summed E-state index contributed by atoms with van der Waals surface area (Å²) in [5, 5.41) is 8.94. The molecule has 0 saturated carbocycles. The second-order valence-corrected chi connectivity index (χ2v) is 4.79. The molecule has 0 fully saturated rings. The van der Waals surface area contributed by atoms with Gasteiger partial charge < -0.3 is 9.84 Å². The minimum Gasteiger partial charge on any atom is -0.480 e. The van der Waals surface area contributed by atoms with Crippen LogP contribution >= 0.6 is 0 Å². The molecule has 112 valence electrons. The highest BCUT2D eigenvalue weighted by molar-refractivity contribution is 5.69. The fourth-order valence-corrected chi connectivity index (χ4v) is 2.06. The summed E-state index contributed by atoms with van der Waals surface area (Å²) in [6.45, 7) is 2.63. The molecule has 1 aromatic rings. The predicted molar refractivity (Wildman–Crippen MR) is 71.0 cm³/mol. The summed E-state index contributed by atoms with van der Waals surface area (Å²) in [7, 11) is 0. The molecule has 0 aliphatic carbocycles. The molecule has 1 aromatic carbocycles. The molecule has 20 heavy (non-hydrogen) atoms. The van der Waals surface area contributed by atoms with Crippen LogP contribution in [0.15, 0.2) is 24.3 Å². The molecule has 0 aromatic heterocycles. The van der Waals surface area contributed by atoms with E-state index in [0.717, 1.165) is 5.56 Å². The van der Waals surface area contributed by atoms with Gasteiger partial charge in [-0.1, -0.05) is 12.1 Å². The molecular weight excluding hydrogens is 268 g/mol. The Hall–Kier alpha value is -1.69. The average Bonchev–Trinajstić information content (AvgIpc) is 2.34. The molecule has 0 saturated heterocycles. The highest BCUT2D eigenvalue weighted by Gasteiger charge is 2.21. The van der Waals surface area contributed by atoms with Gasteiger partial charge in [0.15, 0.2) is 0 Å². The third-order valence-corrected chi connectivity index (χ3v) is 3.04. The quantitative estimate of drug-likeness (QED) is 0.837. The molecule has 0 bridgehead atoms. The van der Waals surface area contributed by atoms with E-state index in [-0.39, 0.29) is 24.4 Å². The molecule has 0 radical (unpaired) electrons. The van der Waals surface area contributed by atoms with Crippen LogP contribution < -0.4 is 4.74 Å². The van der Waals surface area contributed by atoms with Gasteiger partial charge in [-0.15, -0.1) is 0 Å². The lowest BCUT2D eigenvalue weighted by atomic mass is 10.1. The highest BCUT2D eigenvalue weighted by atomic mass is 19.3. The third kappa shape index (κ3) is 4.77. The van der Waals surface area contributed by atoms with Gasteiger partial charge in [-0.05, 0) is 38.5 Å². The lowest BCUT2D eigenvalue weighted by Gasteiger charge is -2.31. The van der Waals surface area contributed by atoms with Gasteiger partial charge in [-0.25, -0.2) is 0 Å². The van der Waals surface area contributed by atoms with E-state index in [0.29, 0.717) is 0 Å². The largest absolute Gasteiger partial charge is 0.480 e. The lowest BCUT2D eigenvalue weighted by molar-refractivity contribution is -0.139. The first-order chi connectivity index (χ1) is 9.31. The normalized spacial score (nSPS) is 13.0. The number of halogens is 2. The van der Waals surface area contributed by atoms with Crippen LogP contribution in [0.4, 0.5) is 8.78 Å². The smallest absolute Gasteiger partial charge is 0.387 e. The molecule has 0 aliphatic heterocycles. The van der Waals surface area contributed by atoms with Crippen molar-refractivity contribution in [1.29, 1.82) is 0 Å². The van der Waals surface area contributed by atoms with Crippen LogP contribution in [0.3, 0.4) is 0 Å². The summed E-state index contributed by atoms with van der Waals surface area (Å²) >= 11 is 0. The van der Waals surface area contributed by atoms with E-state index in [1.807, 2.05) is 20.8 Å². The van der Waals surface area contributed by atoms with E-state index in [9.17, 15) is 13.6 Å². The fraction of sp³-hybridized carbons (Fsp3) is 0.500. The van der Waals surface area contributed by atoms with Crippen LogP contribution in [0, 0.1) is 0 Å². The van der Waals surface area contributed by atoms with Crippen molar-refractivity contribution in [3.63, 3.8) is 0 Å². The SMILES string of the molecule is CC(C)N(CC(=O)O)C(C)c1cccc(OC(F)F)c1. The van der Waals surface area contributed by atoms with Gasteiger partial charge >= 0.3 is 12.6 Å². The second-order valence-electron chi connectivity index (χ2n) is 4.79. The minimum absolute atomic E-state index is 0.0146. The van der Waals surface area contributed by atoms with Crippen molar-refractivity contribution in [2.45, 2.75) is 39.5 Å². The number of hydrogen-bond donors (Lipinski definition) is 1. The summed E-state index contributed by atoms with van der Waals surface area (Å²) < 4.78 is 28.8. The number of hydrogen-bond acceptors (Lipinski definition) is 3. The van der Waals surface area contributed by atoms with Gasteiger partial charge in [0.25, 0.3) is 0 Å². The Morgan fingerprint density at radius 3 is 2.50 bits per heavy atom. The number of carboxylic acid groups (broad SMARTS) is 1. The van der Waals surface area contributed by atoms with Crippen LogP contribution in [-0.2, 0) is 4.79 Å². The first-order valence-corrected chi connectivity index (χ1v) is 6.33. The fourth-order valence-electron chi connectivity index (χ4n) is 2.06. The molecule has 6 heteroatoms. The summed E-state index contributed by atoms with van der Waals surface area (Å²) in [4.78, 5) is 12.7. The zero-order valence-electron chi connectivity index (χ0n) is 11.7. The third-order valence-electron chi connectivity index (χ3n) is 3.04. The van der Waals surface area contributed by atoms with Crippen LogP contribution in [0.1, 0.15) is 32.4 Å². The maximum atomic E-state index is 12.2. The summed E-state index contributed by atoms with van der Waals surface area (Å²) in [6, 6.07) is 6.13. The van der Waals surface area contributed by atoms with E-state index in [1.54, 1.807) is 17.0 Å². The van der Waals surface area contributed by atoms with E-state index in [4.69, 9.17) is 5.11 Å².